The van der Waals surface area contributed by atoms with Crippen LogP contribution in [-0.2, 0) is 6.54 Å². The van der Waals surface area contributed by atoms with E-state index in [1.807, 2.05) is 60.7 Å². The van der Waals surface area contributed by atoms with Crippen molar-refractivity contribution in [1.29, 1.82) is 5.26 Å². The van der Waals surface area contributed by atoms with E-state index in [1.54, 1.807) is 36.6 Å². The van der Waals surface area contributed by atoms with Gasteiger partial charge in [-0.05, 0) is 42.5 Å². The largest absolute Gasteiger partial charge is 0.493 e. The zero-order chi connectivity index (χ0) is 24.7. The number of nitriles is 1. The van der Waals surface area contributed by atoms with E-state index in [1.165, 1.54) is 0 Å². The number of anilines is 2. The molecule has 0 fully saturated rings. The third-order valence-corrected chi connectivity index (χ3v) is 5.39. The van der Waals surface area contributed by atoms with Crippen LogP contribution in [0.1, 0.15) is 5.56 Å². The first-order chi connectivity index (χ1) is 17.7. The SMILES string of the molecule is COc1cc2c(Nc3ccc(Oc4ccccc4)cc3)c(C#N)cnc2cc1OCCn1nccn1. The first kappa shape index (κ1) is 22.7. The van der Waals surface area contributed by atoms with Gasteiger partial charge in [0, 0.05) is 23.3 Å². The van der Waals surface area contributed by atoms with Crippen molar-refractivity contribution < 1.29 is 14.2 Å². The summed E-state index contributed by atoms with van der Waals surface area (Å²) in [5, 5.41) is 22.0. The standard InChI is InChI=1S/C27H22N6O3/c1-34-25-15-23-24(16-26(25)35-14-13-33-30-11-12-31-33)29-18-19(17-28)27(23)32-20-7-9-22(10-8-20)36-21-5-3-2-4-6-21/h2-12,15-16,18H,13-14H2,1H3,(H,29,32). The Bertz CT molecular complexity index is 1500. The molecule has 0 aliphatic heterocycles. The Balaban J connectivity index is 1.40. The molecule has 0 aliphatic carbocycles. The molecule has 5 rings (SSSR count). The molecular formula is C27H22N6O3. The molecular weight excluding hydrogens is 456 g/mol. The number of hydrogen-bond donors (Lipinski definition) is 1. The van der Waals surface area contributed by atoms with Crippen LogP contribution in [0.15, 0.2) is 85.3 Å². The van der Waals surface area contributed by atoms with Crippen LogP contribution in [0.5, 0.6) is 23.0 Å². The summed E-state index contributed by atoms with van der Waals surface area (Å²) in [6.07, 6.45) is 4.78. The quantitative estimate of drug-likeness (QED) is 0.303. The summed E-state index contributed by atoms with van der Waals surface area (Å²) in [6.45, 7) is 0.848. The third kappa shape index (κ3) is 5.03. The predicted octanol–water partition coefficient (Wildman–Crippen LogP) is 5.32. The van der Waals surface area contributed by atoms with Crippen molar-refractivity contribution in [2.75, 3.05) is 19.0 Å². The van der Waals surface area contributed by atoms with E-state index in [2.05, 4.69) is 26.6 Å². The number of nitrogens with zero attached hydrogens (tertiary/aromatic N) is 5. The number of para-hydroxylation sites is 1. The van der Waals surface area contributed by atoms with E-state index in [0.29, 0.717) is 47.2 Å². The summed E-state index contributed by atoms with van der Waals surface area (Å²) in [7, 11) is 1.57. The molecule has 9 nitrogen and oxygen atoms in total. The number of hydrogen-bond acceptors (Lipinski definition) is 8. The number of methoxy groups -OCH3 is 1. The van der Waals surface area contributed by atoms with Gasteiger partial charge in [-0.2, -0.15) is 20.3 Å². The van der Waals surface area contributed by atoms with Crippen molar-refractivity contribution in [2.45, 2.75) is 6.54 Å². The van der Waals surface area contributed by atoms with E-state index in [4.69, 9.17) is 14.2 Å². The van der Waals surface area contributed by atoms with E-state index in [-0.39, 0.29) is 0 Å². The molecule has 5 aromatic rings. The number of ether oxygens (including phenoxy) is 3. The second-order valence-electron chi connectivity index (χ2n) is 7.72. The van der Waals surface area contributed by atoms with Crippen molar-refractivity contribution in [1.82, 2.24) is 20.0 Å². The van der Waals surface area contributed by atoms with Gasteiger partial charge in [-0.3, -0.25) is 4.98 Å². The Hall–Kier alpha value is -5.10. The molecule has 2 aromatic heterocycles. The molecule has 178 valence electrons. The molecule has 0 atom stereocenters. The van der Waals surface area contributed by atoms with Crippen molar-refractivity contribution in [3.63, 3.8) is 0 Å². The van der Waals surface area contributed by atoms with Crippen LogP contribution in [-0.4, -0.2) is 33.7 Å². The minimum Gasteiger partial charge on any atom is -0.493 e. The van der Waals surface area contributed by atoms with Crippen molar-refractivity contribution in [3.8, 4) is 29.1 Å². The molecule has 3 aromatic carbocycles. The topological polar surface area (TPSA) is 107 Å². The molecule has 0 unspecified atom stereocenters. The van der Waals surface area contributed by atoms with Gasteiger partial charge in [0.15, 0.2) is 11.5 Å². The number of rotatable bonds is 9. The highest BCUT2D eigenvalue weighted by atomic mass is 16.5. The zero-order valence-electron chi connectivity index (χ0n) is 19.5. The van der Waals surface area contributed by atoms with Crippen LogP contribution in [0.3, 0.4) is 0 Å². The average Bonchev–Trinajstić information content (AvgIpc) is 3.44. The lowest BCUT2D eigenvalue weighted by molar-refractivity contribution is 0.267. The van der Waals surface area contributed by atoms with Crippen LogP contribution in [0.2, 0.25) is 0 Å². The molecule has 0 saturated heterocycles. The molecule has 36 heavy (non-hydrogen) atoms. The van der Waals surface area contributed by atoms with E-state index < -0.39 is 0 Å². The maximum Gasteiger partial charge on any atom is 0.163 e. The smallest absolute Gasteiger partial charge is 0.163 e. The fraction of sp³-hybridized carbons (Fsp3) is 0.111. The summed E-state index contributed by atoms with van der Waals surface area (Å²) in [4.78, 5) is 6.01. The van der Waals surface area contributed by atoms with E-state index in [0.717, 1.165) is 16.8 Å². The highest BCUT2D eigenvalue weighted by molar-refractivity contribution is 5.97. The van der Waals surface area contributed by atoms with Gasteiger partial charge in [-0.1, -0.05) is 18.2 Å². The van der Waals surface area contributed by atoms with Crippen LogP contribution in [0.4, 0.5) is 11.4 Å². The van der Waals surface area contributed by atoms with Gasteiger partial charge in [0.1, 0.15) is 24.2 Å². The number of pyridine rings is 1. The van der Waals surface area contributed by atoms with Gasteiger partial charge in [0.2, 0.25) is 0 Å². The van der Waals surface area contributed by atoms with Crippen molar-refractivity contribution >= 4 is 22.3 Å². The Kier molecular flexibility index (Phi) is 6.58. The Morgan fingerprint density at radius 2 is 1.69 bits per heavy atom. The third-order valence-electron chi connectivity index (χ3n) is 5.39. The first-order valence-corrected chi connectivity index (χ1v) is 11.2. The summed E-state index contributed by atoms with van der Waals surface area (Å²) in [6, 6.07) is 22.9. The van der Waals surface area contributed by atoms with Crippen molar-refractivity contribution in [2.24, 2.45) is 0 Å². The summed E-state index contributed by atoms with van der Waals surface area (Å²) in [5.41, 5.74) is 2.50. The second-order valence-corrected chi connectivity index (χ2v) is 7.72. The lowest BCUT2D eigenvalue weighted by Crippen LogP contribution is -2.11. The number of aromatic nitrogens is 4. The molecule has 0 aliphatic rings. The molecule has 2 heterocycles. The normalized spacial score (nSPS) is 10.6. The van der Waals surface area contributed by atoms with Gasteiger partial charge in [0.05, 0.1) is 42.8 Å². The minimum absolute atomic E-state index is 0.356. The number of nitrogens with one attached hydrogen (secondary N) is 1. The fourth-order valence-electron chi connectivity index (χ4n) is 3.66. The lowest BCUT2D eigenvalue weighted by Gasteiger charge is -2.15. The second kappa shape index (κ2) is 10.4. The van der Waals surface area contributed by atoms with Crippen LogP contribution >= 0.6 is 0 Å². The minimum atomic E-state index is 0.356. The summed E-state index contributed by atoms with van der Waals surface area (Å²) >= 11 is 0. The van der Waals surface area contributed by atoms with E-state index in [9.17, 15) is 5.26 Å². The molecule has 1 N–H and O–H groups in total. The van der Waals surface area contributed by atoms with Crippen LogP contribution < -0.4 is 19.5 Å². The number of fused-ring (bicyclic) bond motifs is 1. The van der Waals surface area contributed by atoms with Gasteiger partial charge >= 0.3 is 0 Å². The Morgan fingerprint density at radius 3 is 2.42 bits per heavy atom. The van der Waals surface area contributed by atoms with Gasteiger partial charge in [-0.25, -0.2) is 0 Å². The molecule has 0 saturated carbocycles. The van der Waals surface area contributed by atoms with E-state index >= 15 is 0 Å². The van der Waals surface area contributed by atoms with Crippen LogP contribution in [0.25, 0.3) is 10.9 Å². The van der Waals surface area contributed by atoms with Gasteiger partial charge < -0.3 is 19.5 Å². The molecule has 9 heteroatoms. The van der Waals surface area contributed by atoms with Gasteiger partial charge in [-0.15, -0.1) is 0 Å². The highest BCUT2D eigenvalue weighted by Gasteiger charge is 2.15. The maximum absolute atomic E-state index is 9.73. The van der Waals surface area contributed by atoms with Gasteiger partial charge in [0.25, 0.3) is 0 Å². The van der Waals surface area contributed by atoms with Crippen LogP contribution in [0, 0.1) is 11.3 Å². The monoisotopic (exact) mass is 478 g/mol. The fourth-order valence-corrected chi connectivity index (χ4v) is 3.66. The lowest BCUT2D eigenvalue weighted by atomic mass is 10.1. The first-order valence-electron chi connectivity index (χ1n) is 11.2. The number of benzene rings is 3. The van der Waals surface area contributed by atoms with Crippen molar-refractivity contribution in [3.05, 3.63) is 90.9 Å². The maximum atomic E-state index is 9.73. The predicted molar refractivity (Wildman–Crippen MR) is 135 cm³/mol. The summed E-state index contributed by atoms with van der Waals surface area (Å²) < 4.78 is 17.4. The molecule has 0 spiro atoms. The molecule has 0 amide bonds. The summed E-state index contributed by atoms with van der Waals surface area (Å²) in [5.74, 6) is 2.54. The Morgan fingerprint density at radius 1 is 0.944 bits per heavy atom. The molecule has 0 bridgehead atoms. The Labute approximate surface area is 207 Å². The zero-order valence-corrected chi connectivity index (χ0v) is 19.5. The molecule has 0 radical (unpaired) electrons. The average molecular weight is 479 g/mol. The highest BCUT2D eigenvalue weighted by Crippen LogP contribution is 2.37.